The van der Waals surface area contributed by atoms with Crippen LogP contribution < -0.4 is 0 Å². The molecule has 0 spiro atoms. The van der Waals surface area contributed by atoms with Crippen molar-refractivity contribution < 1.29 is 7.85 Å². The summed E-state index contributed by atoms with van der Waals surface area (Å²) in [5, 5.41) is 8.68. The second kappa shape index (κ2) is 1.22. The van der Waals surface area contributed by atoms with E-state index in [-0.39, 0.29) is 6.05 Å². The SMILES string of the molecule is [2H]C1=CC=NC1([2H])O. The predicted octanol–water partition coefficient (Wildman–Crippen LogP) is -0.0546. The van der Waals surface area contributed by atoms with E-state index >= 15 is 0 Å². The minimum Gasteiger partial charge on any atom is -0.368 e. The van der Waals surface area contributed by atoms with Crippen LogP contribution in [0.15, 0.2) is 17.1 Å². The highest BCUT2D eigenvalue weighted by molar-refractivity contribution is 5.73. The van der Waals surface area contributed by atoms with E-state index in [1.807, 2.05) is 0 Å². The predicted molar refractivity (Wildman–Crippen MR) is 23.6 cm³/mol. The number of allylic oxidation sites excluding steroid dienone is 1. The Kier molecular flexibility index (Phi) is 0.385. The van der Waals surface area contributed by atoms with Gasteiger partial charge in [0.25, 0.3) is 0 Å². The van der Waals surface area contributed by atoms with Crippen LogP contribution >= 0.6 is 0 Å². The maximum absolute atomic E-state index is 8.68. The second-order valence-corrected chi connectivity index (χ2v) is 0.913. The van der Waals surface area contributed by atoms with Crippen molar-refractivity contribution in [3.63, 3.8) is 0 Å². The molecule has 1 aliphatic rings. The van der Waals surface area contributed by atoms with Gasteiger partial charge in [0.1, 0.15) is 0 Å². The van der Waals surface area contributed by atoms with Crippen LogP contribution in [0.4, 0.5) is 0 Å². The van der Waals surface area contributed by atoms with E-state index in [9.17, 15) is 0 Å². The molecule has 0 saturated carbocycles. The fourth-order valence-corrected chi connectivity index (χ4v) is 0.257. The van der Waals surface area contributed by atoms with Gasteiger partial charge in [-0.05, 0) is 12.1 Å². The molecule has 0 aromatic rings. The van der Waals surface area contributed by atoms with Crippen LogP contribution in [0.25, 0.3) is 0 Å². The topological polar surface area (TPSA) is 32.6 Å². The quantitative estimate of drug-likeness (QED) is 0.439. The Bertz CT molecular complexity index is 161. The Hall–Kier alpha value is -0.630. The van der Waals surface area contributed by atoms with Gasteiger partial charge in [-0.25, -0.2) is 0 Å². The number of aliphatic hydroxyl groups is 1. The van der Waals surface area contributed by atoms with Gasteiger partial charge in [-0.2, -0.15) is 0 Å². The van der Waals surface area contributed by atoms with Gasteiger partial charge in [0.15, 0.2) is 6.20 Å². The van der Waals surface area contributed by atoms with E-state index in [2.05, 4.69) is 4.99 Å². The summed E-state index contributed by atoms with van der Waals surface area (Å²) in [4.78, 5) is 3.27. The second-order valence-electron chi connectivity index (χ2n) is 0.913. The Balaban J connectivity index is 2.87. The van der Waals surface area contributed by atoms with Crippen molar-refractivity contribution in [2.24, 2.45) is 4.99 Å². The fraction of sp³-hybridized carbons (Fsp3) is 0.250. The molecular weight excluding hydrogens is 78.0 g/mol. The third kappa shape index (κ3) is 0.466. The van der Waals surface area contributed by atoms with Crippen molar-refractivity contribution in [3.05, 3.63) is 12.1 Å². The van der Waals surface area contributed by atoms with Crippen LogP contribution in [0.5, 0.6) is 0 Å². The molecule has 0 bridgehead atoms. The lowest BCUT2D eigenvalue weighted by atomic mass is 10.5. The summed E-state index contributed by atoms with van der Waals surface area (Å²) < 4.78 is 13.6. The van der Waals surface area contributed by atoms with Crippen LogP contribution in [-0.4, -0.2) is 17.5 Å². The van der Waals surface area contributed by atoms with Crippen LogP contribution in [0, 0.1) is 0 Å². The minimum atomic E-state index is -2.00. The van der Waals surface area contributed by atoms with Crippen LogP contribution in [-0.2, 0) is 0 Å². The van der Waals surface area contributed by atoms with E-state index < -0.39 is 6.20 Å². The molecule has 0 saturated heterocycles. The Morgan fingerprint density at radius 1 is 2.17 bits per heavy atom. The zero-order valence-corrected chi connectivity index (χ0v) is 3.05. The molecular formula is C4H5NO. The van der Waals surface area contributed by atoms with Gasteiger partial charge < -0.3 is 5.11 Å². The number of nitrogens with zero attached hydrogens (tertiary/aromatic N) is 1. The maximum Gasteiger partial charge on any atom is 0.164 e. The van der Waals surface area contributed by atoms with E-state index in [1.54, 1.807) is 0 Å². The average Bonchev–Trinajstić information content (AvgIpc) is 1.86. The zero-order valence-electron chi connectivity index (χ0n) is 5.05. The molecule has 1 heterocycles. The smallest absolute Gasteiger partial charge is 0.164 e. The highest BCUT2D eigenvalue weighted by atomic mass is 16.3. The van der Waals surface area contributed by atoms with Crippen LogP contribution in [0.2, 0.25) is 0 Å². The summed E-state index contributed by atoms with van der Waals surface area (Å²) in [5.74, 6) is 0. The molecule has 1 rings (SSSR count). The van der Waals surface area contributed by atoms with E-state index in [0.717, 1.165) is 0 Å². The lowest BCUT2D eigenvalue weighted by molar-refractivity contribution is 0.237. The van der Waals surface area contributed by atoms with Crippen molar-refractivity contribution in [1.82, 2.24) is 0 Å². The number of hydrogen-bond donors (Lipinski definition) is 1. The summed E-state index contributed by atoms with van der Waals surface area (Å²) >= 11 is 0. The standard InChI is InChI=1S/C4H5NO/c6-4-2-1-3-5-4/h1-4,6H/i2D,4D. The van der Waals surface area contributed by atoms with Gasteiger partial charge in [0.2, 0.25) is 0 Å². The first-order valence-corrected chi connectivity index (χ1v) is 1.58. The first-order chi connectivity index (χ1) is 3.63. The summed E-state index contributed by atoms with van der Waals surface area (Å²) in [6.45, 7) is 0. The minimum absolute atomic E-state index is 0.183. The molecule has 0 radical (unpaired) electrons. The first-order valence-electron chi connectivity index (χ1n) is 2.58. The van der Waals surface area contributed by atoms with Gasteiger partial charge in [-0.1, -0.05) is 0 Å². The van der Waals surface area contributed by atoms with Crippen LogP contribution in [0.1, 0.15) is 2.74 Å². The molecule has 1 unspecified atom stereocenters. The van der Waals surface area contributed by atoms with E-state index in [4.69, 9.17) is 7.85 Å². The summed E-state index contributed by atoms with van der Waals surface area (Å²) in [7, 11) is 0. The monoisotopic (exact) mass is 85.0 g/mol. The largest absolute Gasteiger partial charge is 0.368 e. The lowest BCUT2D eigenvalue weighted by Gasteiger charge is -1.84. The summed E-state index contributed by atoms with van der Waals surface area (Å²) in [5.41, 5.74) is 0. The van der Waals surface area contributed by atoms with Crippen molar-refractivity contribution >= 4 is 6.21 Å². The van der Waals surface area contributed by atoms with E-state index in [1.165, 1.54) is 12.3 Å². The zero-order chi connectivity index (χ0) is 6.20. The highest BCUT2D eigenvalue weighted by Crippen LogP contribution is 1.91. The Labute approximate surface area is 38.6 Å². The molecule has 1 atom stereocenters. The van der Waals surface area contributed by atoms with Gasteiger partial charge in [0.05, 0.1) is 2.74 Å². The van der Waals surface area contributed by atoms with Gasteiger partial charge in [-0.3, -0.25) is 4.99 Å². The normalized spacial score (nSPS) is 47.8. The number of rotatable bonds is 0. The summed E-state index contributed by atoms with van der Waals surface area (Å²) in [6.07, 6.45) is 0.530. The molecule has 0 fully saturated rings. The molecule has 0 aromatic carbocycles. The first kappa shape index (κ1) is 1.89. The van der Waals surface area contributed by atoms with Crippen LogP contribution in [0.3, 0.4) is 0 Å². The third-order valence-corrected chi connectivity index (χ3v) is 0.484. The Morgan fingerprint density at radius 2 is 3.00 bits per heavy atom. The van der Waals surface area contributed by atoms with Crippen molar-refractivity contribution in [2.45, 2.75) is 6.20 Å². The Morgan fingerprint density at radius 3 is 3.17 bits per heavy atom. The molecule has 32 valence electrons. The number of aliphatic imine (C=N–C) groups is 1. The number of hydrogen-bond acceptors (Lipinski definition) is 2. The molecule has 2 nitrogen and oxygen atoms in total. The fourth-order valence-electron chi connectivity index (χ4n) is 0.257. The van der Waals surface area contributed by atoms with Gasteiger partial charge in [0, 0.05) is 6.21 Å². The molecule has 0 aromatic heterocycles. The molecule has 0 aliphatic carbocycles. The molecule has 6 heavy (non-hydrogen) atoms. The van der Waals surface area contributed by atoms with Crippen molar-refractivity contribution in [3.8, 4) is 0 Å². The highest BCUT2D eigenvalue weighted by Gasteiger charge is 1.92. The van der Waals surface area contributed by atoms with Crippen molar-refractivity contribution in [2.75, 3.05) is 0 Å². The molecule has 0 amide bonds. The average molecular weight is 85.1 g/mol. The summed E-state index contributed by atoms with van der Waals surface area (Å²) in [6, 6.07) is -0.183. The lowest BCUT2D eigenvalue weighted by Crippen LogP contribution is -1.89. The van der Waals surface area contributed by atoms with Gasteiger partial charge >= 0.3 is 0 Å². The maximum atomic E-state index is 8.68. The van der Waals surface area contributed by atoms with E-state index in [0.29, 0.717) is 0 Å². The molecule has 1 N–H and O–H groups in total. The van der Waals surface area contributed by atoms with Gasteiger partial charge in [-0.15, -0.1) is 0 Å². The third-order valence-electron chi connectivity index (χ3n) is 0.484. The molecule has 1 aliphatic heterocycles. The van der Waals surface area contributed by atoms with Crippen molar-refractivity contribution in [1.29, 1.82) is 0 Å². The molecule has 2 heteroatoms.